The Hall–Kier alpha value is -2.47. The summed E-state index contributed by atoms with van der Waals surface area (Å²) < 4.78 is 38.1. The number of fused-ring (bicyclic) bond motifs is 1. The standard InChI is InChI=1S/C21H25N3O6S2/c1-29-15-6-5-13(11-17(15)32(27,28)24-7-9-30-10-8-24)12-18(25)23-21-19(20(22)26)14-3-2-4-16(14)31-21/h5-6,11H,2-4,7-10,12H2,1H3,(H2,22,26)(H,23,25). The minimum absolute atomic E-state index is 0.0140. The van der Waals surface area contributed by atoms with Gasteiger partial charge in [-0.2, -0.15) is 4.31 Å². The van der Waals surface area contributed by atoms with Crippen molar-refractivity contribution in [2.75, 3.05) is 38.7 Å². The largest absolute Gasteiger partial charge is 0.495 e. The third-order valence-electron chi connectivity index (χ3n) is 5.60. The van der Waals surface area contributed by atoms with Crippen LogP contribution in [-0.2, 0) is 38.8 Å². The second kappa shape index (κ2) is 9.18. The Morgan fingerprint density at radius 1 is 1.25 bits per heavy atom. The highest BCUT2D eigenvalue weighted by molar-refractivity contribution is 7.89. The number of sulfonamides is 1. The molecule has 2 aromatic rings. The van der Waals surface area contributed by atoms with E-state index in [9.17, 15) is 18.0 Å². The van der Waals surface area contributed by atoms with E-state index in [0.29, 0.717) is 29.3 Å². The summed E-state index contributed by atoms with van der Waals surface area (Å²) >= 11 is 1.38. The number of nitrogens with two attached hydrogens (primary N) is 1. The first-order valence-electron chi connectivity index (χ1n) is 10.3. The fraction of sp³-hybridized carbons (Fsp3) is 0.429. The van der Waals surface area contributed by atoms with Gasteiger partial charge >= 0.3 is 0 Å². The molecule has 1 saturated heterocycles. The smallest absolute Gasteiger partial charge is 0.251 e. The first-order valence-corrected chi connectivity index (χ1v) is 12.6. The van der Waals surface area contributed by atoms with E-state index >= 15 is 0 Å². The number of primary amides is 1. The number of methoxy groups -OCH3 is 1. The van der Waals surface area contributed by atoms with Crippen molar-refractivity contribution >= 4 is 38.2 Å². The number of carbonyl (C=O) groups is 2. The molecule has 0 spiro atoms. The van der Waals surface area contributed by atoms with Crippen molar-refractivity contribution in [2.24, 2.45) is 5.73 Å². The molecule has 4 rings (SSSR count). The van der Waals surface area contributed by atoms with E-state index in [4.69, 9.17) is 15.2 Å². The van der Waals surface area contributed by atoms with Crippen LogP contribution in [0.1, 0.15) is 32.8 Å². The molecule has 1 fully saturated rings. The number of hydrogen-bond donors (Lipinski definition) is 2. The maximum absolute atomic E-state index is 13.1. The highest BCUT2D eigenvalue weighted by Gasteiger charge is 2.30. The molecule has 2 amide bonds. The van der Waals surface area contributed by atoms with Crippen molar-refractivity contribution in [3.63, 3.8) is 0 Å². The van der Waals surface area contributed by atoms with Gasteiger partial charge in [-0.1, -0.05) is 6.07 Å². The van der Waals surface area contributed by atoms with Crippen LogP contribution in [0.3, 0.4) is 0 Å². The average molecular weight is 480 g/mol. The predicted octanol–water partition coefficient (Wildman–Crippen LogP) is 1.55. The van der Waals surface area contributed by atoms with Crippen molar-refractivity contribution in [1.82, 2.24) is 4.31 Å². The molecular weight excluding hydrogens is 454 g/mol. The third-order valence-corrected chi connectivity index (χ3v) is 8.73. The normalized spacial score (nSPS) is 16.5. The van der Waals surface area contributed by atoms with E-state index in [0.717, 1.165) is 29.7 Å². The van der Waals surface area contributed by atoms with Crippen molar-refractivity contribution in [3.05, 3.63) is 39.8 Å². The number of morpholine rings is 1. The third kappa shape index (κ3) is 4.38. The summed E-state index contributed by atoms with van der Waals surface area (Å²) in [4.78, 5) is 25.8. The van der Waals surface area contributed by atoms with Crippen LogP contribution in [-0.4, -0.2) is 58.0 Å². The summed E-state index contributed by atoms with van der Waals surface area (Å²) in [6, 6.07) is 4.66. The quantitative estimate of drug-likeness (QED) is 0.620. The summed E-state index contributed by atoms with van der Waals surface area (Å²) in [6.07, 6.45) is 2.57. The Bertz CT molecular complexity index is 1150. The van der Waals surface area contributed by atoms with E-state index in [2.05, 4.69) is 5.32 Å². The number of nitrogens with one attached hydrogen (secondary N) is 1. The lowest BCUT2D eigenvalue weighted by Crippen LogP contribution is -2.40. The number of amides is 2. The maximum Gasteiger partial charge on any atom is 0.251 e. The number of thiophene rings is 1. The number of aryl methyl sites for hydroxylation is 1. The molecular formula is C21H25N3O6S2. The molecule has 0 unspecified atom stereocenters. The first-order chi connectivity index (χ1) is 15.3. The number of nitrogens with zero attached hydrogens (tertiary/aromatic N) is 1. The van der Waals surface area contributed by atoms with E-state index in [1.807, 2.05) is 0 Å². The monoisotopic (exact) mass is 479 g/mol. The summed E-state index contributed by atoms with van der Waals surface area (Å²) in [6.45, 7) is 1.18. The van der Waals surface area contributed by atoms with Crippen LogP contribution >= 0.6 is 11.3 Å². The van der Waals surface area contributed by atoms with Crippen molar-refractivity contribution in [1.29, 1.82) is 0 Å². The molecule has 0 saturated carbocycles. The van der Waals surface area contributed by atoms with Crippen LogP contribution in [0.15, 0.2) is 23.1 Å². The lowest BCUT2D eigenvalue weighted by Gasteiger charge is -2.26. The molecule has 1 aromatic carbocycles. The van der Waals surface area contributed by atoms with Gasteiger partial charge in [0.25, 0.3) is 5.91 Å². The minimum atomic E-state index is -3.80. The molecule has 32 heavy (non-hydrogen) atoms. The Kier molecular flexibility index (Phi) is 6.52. The number of hydrogen-bond acceptors (Lipinski definition) is 7. The van der Waals surface area contributed by atoms with E-state index in [1.54, 1.807) is 12.1 Å². The lowest BCUT2D eigenvalue weighted by atomic mass is 10.1. The molecule has 0 radical (unpaired) electrons. The van der Waals surface area contributed by atoms with Crippen LogP contribution in [0, 0.1) is 0 Å². The summed E-state index contributed by atoms with van der Waals surface area (Å²) in [5.41, 5.74) is 7.39. The van der Waals surface area contributed by atoms with E-state index in [1.165, 1.54) is 28.8 Å². The van der Waals surface area contributed by atoms with Gasteiger partial charge in [-0.15, -0.1) is 11.3 Å². The Labute approximate surface area is 190 Å². The van der Waals surface area contributed by atoms with Gasteiger partial charge in [0.1, 0.15) is 15.6 Å². The molecule has 1 aliphatic carbocycles. The predicted molar refractivity (Wildman–Crippen MR) is 120 cm³/mol. The Morgan fingerprint density at radius 3 is 2.69 bits per heavy atom. The first kappa shape index (κ1) is 22.7. The van der Waals surface area contributed by atoms with Gasteiger partial charge in [0.2, 0.25) is 15.9 Å². The van der Waals surface area contributed by atoms with Gasteiger partial charge in [0.15, 0.2) is 0 Å². The van der Waals surface area contributed by atoms with Gasteiger partial charge in [-0.25, -0.2) is 8.42 Å². The van der Waals surface area contributed by atoms with Crippen LogP contribution in [0.4, 0.5) is 5.00 Å². The van der Waals surface area contributed by atoms with E-state index < -0.39 is 15.9 Å². The molecule has 9 nitrogen and oxygen atoms in total. The number of benzene rings is 1. The fourth-order valence-corrected chi connectivity index (χ4v) is 6.99. The molecule has 2 heterocycles. The van der Waals surface area contributed by atoms with E-state index in [-0.39, 0.29) is 36.1 Å². The van der Waals surface area contributed by atoms with Crippen molar-refractivity contribution in [3.8, 4) is 5.75 Å². The lowest BCUT2D eigenvalue weighted by molar-refractivity contribution is -0.115. The molecule has 0 atom stereocenters. The molecule has 172 valence electrons. The van der Waals surface area contributed by atoms with Gasteiger partial charge in [0, 0.05) is 18.0 Å². The topological polar surface area (TPSA) is 128 Å². The summed E-state index contributed by atoms with van der Waals surface area (Å²) in [5.74, 6) is -0.693. The van der Waals surface area contributed by atoms with Crippen LogP contribution < -0.4 is 15.8 Å². The molecule has 1 aliphatic heterocycles. The average Bonchev–Trinajstić information content (AvgIpc) is 3.34. The highest BCUT2D eigenvalue weighted by Crippen LogP contribution is 2.39. The Morgan fingerprint density at radius 2 is 2.00 bits per heavy atom. The number of anilines is 1. The zero-order chi connectivity index (χ0) is 22.9. The van der Waals surface area contributed by atoms with Crippen LogP contribution in [0.2, 0.25) is 0 Å². The molecule has 11 heteroatoms. The van der Waals surface area contributed by atoms with Crippen molar-refractivity contribution in [2.45, 2.75) is 30.6 Å². The molecule has 0 bridgehead atoms. The number of rotatable bonds is 7. The SMILES string of the molecule is COc1ccc(CC(=O)Nc2sc3c(c2C(N)=O)CCC3)cc1S(=O)(=O)N1CCOCC1. The molecule has 2 aliphatic rings. The zero-order valence-corrected chi connectivity index (χ0v) is 19.3. The van der Waals surface area contributed by atoms with Gasteiger partial charge in [-0.05, 0) is 42.5 Å². The number of carbonyl (C=O) groups excluding carboxylic acids is 2. The number of ether oxygens (including phenoxy) is 2. The summed E-state index contributed by atoms with van der Waals surface area (Å²) in [5, 5.41) is 3.25. The fourth-order valence-electron chi connectivity index (χ4n) is 4.07. The van der Waals surface area contributed by atoms with Crippen molar-refractivity contribution < 1.29 is 27.5 Å². The van der Waals surface area contributed by atoms with Gasteiger partial charge < -0.3 is 20.5 Å². The second-order valence-corrected chi connectivity index (χ2v) is 10.7. The second-order valence-electron chi connectivity index (χ2n) is 7.65. The highest BCUT2D eigenvalue weighted by atomic mass is 32.2. The minimum Gasteiger partial charge on any atom is -0.495 e. The van der Waals surface area contributed by atoms with Gasteiger partial charge in [-0.3, -0.25) is 9.59 Å². The maximum atomic E-state index is 13.1. The molecule has 1 aromatic heterocycles. The Balaban J connectivity index is 1.56. The van der Waals surface area contributed by atoms with Gasteiger partial charge in [0.05, 0.1) is 32.3 Å². The van der Waals surface area contributed by atoms with Crippen LogP contribution in [0.25, 0.3) is 0 Å². The molecule has 3 N–H and O–H groups in total. The van der Waals surface area contributed by atoms with Crippen LogP contribution in [0.5, 0.6) is 5.75 Å². The zero-order valence-electron chi connectivity index (χ0n) is 17.7. The summed E-state index contributed by atoms with van der Waals surface area (Å²) in [7, 11) is -2.40.